The van der Waals surface area contributed by atoms with Crippen LogP contribution in [0.1, 0.15) is 25.1 Å². The van der Waals surface area contributed by atoms with Gasteiger partial charge < -0.3 is 10.2 Å². The Balaban J connectivity index is 1.77. The van der Waals surface area contributed by atoms with E-state index in [1.54, 1.807) is 6.07 Å². The Hall–Kier alpha value is -0.650. The van der Waals surface area contributed by atoms with Crippen molar-refractivity contribution in [3.8, 4) is 0 Å². The molecular weight excluding hydrogens is 261 g/mol. The standard InChI is InChI=1S/C14H22FN3S/c1-2-13(14-4-3-12(15)11-17-14)16-5-6-18-7-9-19-10-8-18/h3-4,11,13,16H,2,5-10H2,1H3. The number of nitrogens with zero attached hydrogens (tertiary/aromatic N) is 2. The fourth-order valence-corrected chi connectivity index (χ4v) is 3.25. The Labute approximate surface area is 119 Å². The van der Waals surface area contributed by atoms with Gasteiger partial charge in [-0.3, -0.25) is 4.98 Å². The molecule has 1 N–H and O–H groups in total. The predicted molar refractivity (Wildman–Crippen MR) is 79.0 cm³/mol. The highest BCUT2D eigenvalue weighted by Crippen LogP contribution is 2.14. The van der Waals surface area contributed by atoms with Gasteiger partial charge in [0.05, 0.1) is 11.9 Å². The van der Waals surface area contributed by atoms with E-state index in [-0.39, 0.29) is 11.9 Å². The summed E-state index contributed by atoms with van der Waals surface area (Å²) in [5.74, 6) is 2.22. The van der Waals surface area contributed by atoms with Gasteiger partial charge in [0, 0.05) is 43.7 Å². The summed E-state index contributed by atoms with van der Waals surface area (Å²) < 4.78 is 12.9. The number of rotatable bonds is 6. The van der Waals surface area contributed by atoms with Crippen LogP contribution in [0.5, 0.6) is 0 Å². The van der Waals surface area contributed by atoms with Crippen LogP contribution in [-0.4, -0.2) is 47.6 Å². The fourth-order valence-electron chi connectivity index (χ4n) is 2.27. The molecule has 106 valence electrons. The summed E-state index contributed by atoms with van der Waals surface area (Å²) >= 11 is 2.03. The average molecular weight is 283 g/mol. The highest BCUT2D eigenvalue weighted by molar-refractivity contribution is 7.99. The van der Waals surface area contributed by atoms with E-state index in [9.17, 15) is 4.39 Å². The van der Waals surface area contributed by atoms with Gasteiger partial charge in [0.25, 0.3) is 0 Å². The van der Waals surface area contributed by atoms with Crippen LogP contribution in [0.2, 0.25) is 0 Å². The molecule has 0 spiro atoms. The minimum atomic E-state index is -0.274. The molecule has 1 aliphatic heterocycles. The van der Waals surface area contributed by atoms with Crippen LogP contribution in [0.25, 0.3) is 0 Å². The van der Waals surface area contributed by atoms with Crippen molar-refractivity contribution in [2.45, 2.75) is 19.4 Å². The van der Waals surface area contributed by atoms with Crippen LogP contribution < -0.4 is 5.32 Å². The van der Waals surface area contributed by atoms with Crippen LogP contribution in [0.3, 0.4) is 0 Å². The van der Waals surface area contributed by atoms with Crippen molar-refractivity contribution in [1.82, 2.24) is 15.2 Å². The monoisotopic (exact) mass is 283 g/mol. The van der Waals surface area contributed by atoms with E-state index in [0.29, 0.717) is 0 Å². The smallest absolute Gasteiger partial charge is 0.141 e. The molecule has 19 heavy (non-hydrogen) atoms. The Bertz CT molecular complexity index is 365. The molecule has 0 aromatic carbocycles. The summed E-state index contributed by atoms with van der Waals surface area (Å²) in [7, 11) is 0. The lowest BCUT2D eigenvalue weighted by Gasteiger charge is -2.27. The molecule has 1 unspecified atom stereocenters. The predicted octanol–water partition coefficient (Wildman–Crippen LogP) is 2.31. The first kappa shape index (κ1) is 14.8. The number of hydrogen-bond donors (Lipinski definition) is 1. The van der Waals surface area contributed by atoms with Crippen LogP contribution in [-0.2, 0) is 0 Å². The average Bonchev–Trinajstić information content (AvgIpc) is 2.46. The molecule has 2 heterocycles. The van der Waals surface area contributed by atoms with Crippen LogP contribution >= 0.6 is 11.8 Å². The van der Waals surface area contributed by atoms with Crippen molar-refractivity contribution in [3.05, 3.63) is 29.8 Å². The first-order chi connectivity index (χ1) is 9.29. The van der Waals surface area contributed by atoms with Crippen molar-refractivity contribution in [1.29, 1.82) is 0 Å². The number of aromatic nitrogens is 1. The molecule has 1 aliphatic rings. The zero-order chi connectivity index (χ0) is 13.5. The molecule has 1 fully saturated rings. The zero-order valence-electron chi connectivity index (χ0n) is 11.4. The third kappa shape index (κ3) is 4.75. The molecular formula is C14H22FN3S. The first-order valence-corrected chi connectivity index (χ1v) is 8.10. The van der Waals surface area contributed by atoms with Gasteiger partial charge in [0.2, 0.25) is 0 Å². The van der Waals surface area contributed by atoms with Crippen LogP contribution in [0.4, 0.5) is 4.39 Å². The van der Waals surface area contributed by atoms with Crippen molar-refractivity contribution in [2.24, 2.45) is 0 Å². The summed E-state index contributed by atoms with van der Waals surface area (Å²) in [6.45, 7) is 6.55. The van der Waals surface area contributed by atoms with Crippen LogP contribution in [0.15, 0.2) is 18.3 Å². The molecule has 0 saturated carbocycles. The molecule has 1 atom stereocenters. The van der Waals surface area contributed by atoms with E-state index >= 15 is 0 Å². The summed E-state index contributed by atoms with van der Waals surface area (Å²) in [5.41, 5.74) is 0.929. The third-order valence-corrected chi connectivity index (χ3v) is 4.38. The minimum Gasteiger partial charge on any atom is -0.307 e. The Morgan fingerprint density at radius 1 is 1.42 bits per heavy atom. The number of hydrogen-bond acceptors (Lipinski definition) is 4. The lowest BCUT2D eigenvalue weighted by atomic mass is 10.1. The molecule has 0 bridgehead atoms. The van der Waals surface area contributed by atoms with Crippen molar-refractivity contribution in [2.75, 3.05) is 37.7 Å². The minimum absolute atomic E-state index is 0.222. The van der Waals surface area contributed by atoms with E-state index < -0.39 is 0 Å². The lowest BCUT2D eigenvalue weighted by Crippen LogP contribution is -2.38. The molecule has 5 heteroatoms. The van der Waals surface area contributed by atoms with E-state index in [2.05, 4.69) is 22.1 Å². The number of pyridine rings is 1. The fraction of sp³-hybridized carbons (Fsp3) is 0.643. The van der Waals surface area contributed by atoms with Crippen molar-refractivity contribution >= 4 is 11.8 Å². The molecule has 0 aliphatic carbocycles. The lowest BCUT2D eigenvalue weighted by molar-refractivity contribution is 0.294. The van der Waals surface area contributed by atoms with Gasteiger partial charge in [-0.15, -0.1) is 0 Å². The Morgan fingerprint density at radius 2 is 2.21 bits per heavy atom. The van der Waals surface area contributed by atoms with Crippen molar-refractivity contribution < 1.29 is 4.39 Å². The second kappa shape index (κ2) is 7.82. The number of thioether (sulfide) groups is 1. The van der Waals surface area contributed by atoms with E-state index in [1.165, 1.54) is 36.9 Å². The van der Waals surface area contributed by atoms with Crippen LogP contribution in [0, 0.1) is 5.82 Å². The molecule has 0 radical (unpaired) electrons. The van der Waals surface area contributed by atoms with Crippen molar-refractivity contribution in [3.63, 3.8) is 0 Å². The van der Waals surface area contributed by atoms with Gasteiger partial charge in [-0.05, 0) is 18.6 Å². The van der Waals surface area contributed by atoms with E-state index in [0.717, 1.165) is 25.2 Å². The SMILES string of the molecule is CCC(NCCN1CCSCC1)c1ccc(F)cn1. The van der Waals surface area contributed by atoms with Gasteiger partial charge in [-0.2, -0.15) is 11.8 Å². The topological polar surface area (TPSA) is 28.2 Å². The van der Waals surface area contributed by atoms with Gasteiger partial charge in [-0.1, -0.05) is 6.92 Å². The second-order valence-corrected chi connectivity index (χ2v) is 5.99. The molecule has 1 aromatic heterocycles. The normalized spacial score (nSPS) is 18.4. The highest BCUT2D eigenvalue weighted by atomic mass is 32.2. The maximum atomic E-state index is 12.9. The molecule has 3 nitrogen and oxygen atoms in total. The number of nitrogens with one attached hydrogen (secondary N) is 1. The summed E-state index contributed by atoms with van der Waals surface area (Å²) in [6.07, 6.45) is 2.26. The van der Waals surface area contributed by atoms with Gasteiger partial charge in [0.1, 0.15) is 5.82 Å². The first-order valence-electron chi connectivity index (χ1n) is 6.94. The maximum Gasteiger partial charge on any atom is 0.141 e. The Kier molecular flexibility index (Phi) is 6.07. The summed E-state index contributed by atoms with van der Waals surface area (Å²) in [6, 6.07) is 3.47. The molecule has 2 rings (SSSR count). The Morgan fingerprint density at radius 3 is 2.84 bits per heavy atom. The van der Waals surface area contributed by atoms with Gasteiger partial charge >= 0.3 is 0 Å². The highest BCUT2D eigenvalue weighted by Gasteiger charge is 2.13. The quantitative estimate of drug-likeness (QED) is 0.867. The number of halogens is 1. The molecule has 1 aromatic rings. The third-order valence-electron chi connectivity index (χ3n) is 3.44. The summed E-state index contributed by atoms with van der Waals surface area (Å²) in [4.78, 5) is 6.65. The second-order valence-electron chi connectivity index (χ2n) is 4.77. The molecule has 0 amide bonds. The summed E-state index contributed by atoms with van der Waals surface area (Å²) in [5, 5.41) is 3.52. The van der Waals surface area contributed by atoms with Gasteiger partial charge in [0.15, 0.2) is 0 Å². The molecule has 1 saturated heterocycles. The van der Waals surface area contributed by atoms with E-state index in [4.69, 9.17) is 0 Å². The maximum absolute atomic E-state index is 12.9. The largest absolute Gasteiger partial charge is 0.307 e. The van der Waals surface area contributed by atoms with E-state index in [1.807, 2.05) is 11.8 Å². The zero-order valence-corrected chi connectivity index (χ0v) is 12.3. The van der Waals surface area contributed by atoms with Gasteiger partial charge in [-0.25, -0.2) is 4.39 Å².